The summed E-state index contributed by atoms with van der Waals surface area (Å²) in [6.45, 7) is 0. The van der Waals surface area contributed by atoms with E-state index in [4.69, 9.17) is 0 Å². The van der Waals surface area contributed by atoms with Crippen molar-refractivity contribution in [2.45, 2.75) is 19.3 Å². The highest BCUT2D eigenvalue weighted by atomic mass is 16.1. The van der Waals surface area contributed by atoms with E-state index in [0.29, 0.717) is 10.8 Å². The van der Waals surface area contributed by atoms with E-state index in [0.717, 1.165) is 19.3 Å². The van der Waals surface area contributed by atoms with Gasteiger partial charge in [-0.2, -0.15) is 0 Å². The molecule has 0 radical (unpaired) electrons. The second kappa shape index (κ2) is 2.82. The highest BCUT2D eigenvalue weighted by Crippen LogP contribution is 2.24. The van der Waals surface area contributed by atoms with Crippen LogP contribution < -0.4 is 11.1 Å². The lowest BCUT2D eigenvalue weighted by Crippen LogP contribution is -2.19. The second-order valence-electron chi connectivity index (χ2n) is 3.93. The number of aromatic amines is 2. The number of nitrogens with one attached hydrogen (secondary N) is 2. The first kappa shape index (κ1) is 8.47. The fraction of sp³-hybridized carbons (Fsp3) is 0.273. The van der Waals surface area contributed by atoms with Gasteiger partial charge in [-0.1, -0.05) is 0 Å². The molecule has 1 heterocycles. The molecular weight excluding hydrogens is 192 g/mol. The molecule has 15 heavy (non-hydrogen) atoms. The molecule has 4 nitrogen and oxygen atoms in total. The van der Waals surface area contributed by atoms with E-state index >= 15 is 0 Å². The van der Waals surface area contributed by atoms with Crippen LogP contribution in [0, 0.1) is 0 Å². The van der Waals surface area contributed by atoms with Crippen LogP contribution in [0.1, 0.15) is 17.5 Å². The highest BCUT2D eigenvalue weighted by Gasteiger charge is 2.13. The van der Waals surface area contributed by atoms with Crippen LogP contribution in [-0.4, -0.2) is 10.2 Å². The topological polar surface area (TPSA) is 65.7 Å². The predicted octanol–water partition coefficient (Wildman–Crippen LogP) is 0.705. The monoisotopic (exact) mass is 202 g/mol. The van der Waals surface area contributed by atoms with Gasteiger partial charge in [0.2, 0.25) is 0 Å². The first-order valence-electron chi connectivity index (χ1n) is 5.02. The summed E-state index contributed by atoms with van der Waals surface area (Å²) in [6.07, 6.45) is 3.14. The minimum Gasteiger partial charge on any atom is -0.267 e. The van der Waals surface area contributed by atoms with Gasteiger partial charge in [-0.05, 0) is 42.5 Å². The van der Waals surface area contributed by atoms with Crippen molar-refractivity contribution in [1.82, 2.24) is 10.2 Å². The maximum Gasteiger partial charge on any atom is 0.270 e. The van der Waals surface area contributed by atoms with Gasteiger partial charge in [0.15, 0.2) is 0 Å². The Labute approximate surface area is 84.9 Å². The van der Waals surface area contributed by atoms with Crippen molar-refractivity contribution < 1.29 is 0 Å². The van der Waals surface area contributed by atoms with Gasteiger partial charge in [0.05, 0.1) is 10.8 Å². The molecule has 1 aliphatic carbocycles. The second-order valence-corrected chi connectivity index (χ2v) is 3.93. The summed E-state index contributed by atoms with van der Waals surface area (Å²) in [7, 11) is 0. The first-order chi connectivity index (χ1) is 7.25. The summed E-state index contributed by atoms with van der Waals surface area (Å²) in [4.78, 5) is 23.0. The zero-order valence-electron chi connectivity index (χ0n) is 8.09. The highest BCUT2D eigenvalue weighted by molar-refractivity contribution is 5.82. The number of fused-ring (bicyclic) bond motifs is 2. The Balaban J connectivity index is 2.53. The number of aryl methyl sites for hydroxylation is 2. The summed E-state index contributed by atoms with van der Waals surface area (Å²) in [5, 5.41) is 5.68. The van der Waals surface area contributed by atoms with E-state index in [9.17, 15) is 9.59 Å². The third kappa shape index (κ3) is 1.14. The molecule has 0 fully saturated rings. The predicted molar refractivity (Wildman–Crippen MR) is 57.2 cm³/mol. The van der Waals surface area contributed by atoms with Gasteiger partial charge in [-0.3, -0.25) is 19.8 Å². The smallest absolute Gasteiger partial charge is 0.267 e. The molecule has 4 heteroatoms. The molecule has 0 saturated carbocycles. The lowest BCUT2D eigenvalue weighted by atomic mass is 10.1. The van der Waals surface area contributed by atoms with Crippen molar-refractivity contribution in [3.05, 3.63) is 44.0 Å². The number of H-pyrrole nitrogens is 2. The number of hydrogen-bond donors (Lipinski definition) is 2. The minimum absolute atomic E-state index is 0.223. The molecular formula is C11H10N2O2. The Morgan fingerprint density at radius 3 is 1.80 bits per heavy atom. The molecule has 76 valence electrons. The van der Waals surface area contributed by atoms with Crippen molar-refractivity contribution in [3.8, 4) is 0 Å². The standard InChI is InChI=1S/C11H10N2O2/c14-10-8-4-6-2-1-3-7(6)5-9(8)11(15)13-12-10/h4-5H,1-3H2,(H,12,14)(H,13,15). The van der Waals surface area contributed by atoms with E-state index in [2.05, 4.69) is 10.2 Å². The van der Waals surface area contributed by atoms with Crippen molar-refractivity contribution in [2.24, 2.45) is 0 Å². The van der Waals surface area contributed by atoms with Gasteiger partial charge in [0.1, 0.15) is 0 Å². The largest absolute Gasteiger partial charge is 0.270 e. The van der Waals surface area contributed by atoms with Crippen LogP contribution in [0.25, 0.3) is 10.8 Å². The third-order valence-corrected chi connectivity index (χ3v) is 3.01. The lowest BCUT2D eigenvalue weighted by Gasteiger charge is -2.01. The van der Waals surface area contributed by atoms with E-state index in [1.54, 1.807) is 0 Å². The summed E-state index contributed by atoms with van der Waals surface area (Å²) in [5.74, 6) is 0. The Hall–Kier alpha value is -1.84. The SMILES string of the molecule is O=c1[nH][nH]c(=O)c2cc3c(cc12)CCC3. The van der Waals surface area contributed by atoms with E-state index in [1.165, 1.54) is 11.1 Å². The fourth-order valence-corrected chi connectivity index (χ4v) is 2.25. The quantitative estimate of drug-likeness (QED) is 0.660. The number of benzene rings is 1. The van der Waals surface area contributed by atoms with Crippen LogP contribution in [-0.2, 0) is 12.8 Å². The van der Waals surface area contributed by atoms with Gasteiger partial charge in [0.25, 0.3) is 11.1 Å². The normalized spacial score (nSPS) is 14.4. The van der Waals surface area contributed by atoms with Gasteiger partial charge < -0.3 is 0 Å². The van der Waals surface area contributed by atoms with Crippen LogP contribution in [0.4, 0.5) is 0 Å². The van der Waals surface area contributed by atoms with E-state index < -0.39 is 0 Å². The molecule has 0 amide bonds. The van der Waals surface area contributed by atoms with Crippen molar-refractivity contribution in [1.29, 1.82) is 0 Å². The van der Waals surface area contributed by atoms with Crippen LogP contribution in [0.5, 0.6) is 0 Å². The van der Waals surface area contributed by atoms with Gasteiger partial charge >= 0.3 is 0 Å². The molecule has 1 aromatic heterocycles. The van der Waals surface area contributed by atoms with Crippen LogP contribution in [0.2, 0.25) is 0 Å². The molecule has 2 aromatic rings. The van der Waals surface area contributed by atoms with Crippen LogP contribution in [0.15, 0.2) is 21.7 Å². The Morgan fingerprint density at radius 1 is 0.867 bits per heavy atom. The average Bonchev–Trinajstić information content (AvgIpc) is 2.69. The summed E-state index contributed by atoms with van der Waals surface area (Å²) >= 11 is 0. The molecule has 0 aliphatic heterocycles. The number of rotatable bonds is 0. The minimum atomic E-state index is -0.223. The lowest BCUT2D eigenvalue weighted by molar-refractivity contribution is 0.912. The maximum atomic E-state index is 11.5. The Morgan fingerprint density at radius 2 is 1.33 bits per heavy atom. The van der Waals surface area contributed by atoms with E-state index in [-0.39, 0.29) is 11.1 Å². The van der Waals surface area contributed by atoms with Gasteiger partial charge in [-0.25, -0.2) is 0 Å². The summed E-state index contributed by atoms with van der Waals surface area (Å²) < 4.78 is 0. The first-order valence-corrected chi connectivity index (χ1v) is 5.02. The summed E-state index contributed by atoms with van der Waals surface area (Å²) in [5.41, 5.74) is 1.97. The Kier molecular flexibility index (Phi) is 1.59. The molecule has 0 saturated heterocycles. The van der Waals surface area contributed by atoms with Crippen molar-refractivity contribution in [3.63, 3.8) is 0 Å². The summed E-state index contributed by atoms with van der Waals surface area (Å²) in [6, 6.07) is 3.71. The Bertz CT molecular complexity index is 595. The number of hydrogen-bond acceptors (Lipinski definition) is 2. The molecule has 0 atom stereocenters. The zero-order chi connectivity index (χ0) is 10.4. The molecule has 0 unspecified atom stereocenters. The zero-order valence-corrected chi connectivity index (χ0v) is 8.09. The third-order valence-electron chi connectivity index (χ3n) is 3.01. The molecule has 0 spiro atoms. The molecule has 1 aromatic carbocycles. The van der Waals surface area contributed by atoms with Crippen molar-refractivity contribution in [2.75, 3.05) is 0 Å². The number of aromatic nitrogens is 2. The fourth-order valence-electron chi connectivity index (χ4n) is 2.25. The molecule has 1 aliphatic rings. The van der Waals surface area contributed by atoms with Gasteiger partial charge in [0, 0.05) is 0 Å². The van der Waals surface area contributed by atoms with Crippen LogP contribution in [0.3, 0.4) is 0 Å². The van der Waals surface area contributed by atoms with Crippen LogP contribution >= 0.6 is 0 Å². The average molecular weight is 202 g/mol. The maximum absolute atomic E-state index is 11.5. The molecule has 0 bridgehead atoms. The van der Waals surface area contributed by atoms with E-state index in [1.807, 2.05) is 12.1 Å². The van der Waals surface area contributed by atoms with Gasteiger partial charge in [-0.15, -0.1) is 0 Å². The molecule has 2 N–H and O–H groups in total. The molecule has 3 rings (SSSR count). The van der Waals surface area contributed by atoms with Crippen molar-refractivity contribution >= 4 is 10.8 Å².